The summed E-state index contributed by atoms with van der Waals surface area (Å²) in [6.07, 6.45) is 24.0. The third-order valence-corrected chi connectivity index (χ3v) is 21.1. The van der Waals surface area contributed by atoms with Gasteiger partial charge in [0.15, 0.2) is 0 Å². The maximum atomic E-state index is 2.58. The van der Waals surface area contributed by atoms with Crippen molar-refractivity contribution in [3.05, 3.63) is 212 Å². The second-order valence-corrected chi connectivity index (χ2v) is 32.1. The molecule has 0 bridgehead atoms. The molecule has 0 N–H and O–H groups in total. The molecule has 3 aliphatic carbocycles. The van der Waals surface area contributed by atoms with Gasteiger partial charge in [-0.25, -0.2) is 0 Å². The number of hydrogen-bond acceptors (Lipinski definition) is 0. The average Bonchev–Trinajstić information content (AvgIpc) is 0.840. The highest BCUT2D eigenvalue weighted by molar-refractivity contribution is 5.39. The molecule has 9 rings (SSSR count). The van der Waals surface area contributed by atoms with Gasteiger partial charge < -0.3 is 0 Å². The van der Waals surface area contributed by atoms with Crippen LogP contribution in [-0.2, 0) is 11.8 Å². The van der Waals surface area contributed by atoms with E-state index in [0.717, 1.165) is 41.9 Å². The first-order chi connectivity index (χ1) is 42.2. The topological polar surface area (TPSA) is 0 Å². The molecule has 3 fully saturated rings. The summed E-state index contributed by atoms with van der Waals surface area (Å²) in [5, 5.41) is 0. The van der Waals surface area contributed by atoms with Crippen molar-refractivity contribution in [2.75, 3.05) is 0 Å². The van der Waals surface area contributed by atoms with E-state index >= 15 is 0 Å². The lowest BCUT2D eigenvalue weighted by Crippen LogP contribution is -2.36. The first-order valence-corrected chi connectivity index (χ1v) is 36.5. The highest BCUT2D eigenvalue weighted by atomic mass is 14.5. The van der Waals surface area contributed by atoms with Crippen LogP contribution in [0, 0.1) is 113 Å². The fourth-order valence-electron chi connectivity index (χ4n) is 14.6. The Morgan fingerprint density at radius 1 is 0.456 bits per heavy atom. The van der Waals surface area contributed by atoms with E-state index in [1.54, 1.807) is 0 Å². The maximum Gasteiger partial charge on any atom is 0.0146 e. The Kier molecular flexibility index (Phi) is 36.6. The summed E-state index contributed by atoms with van der Waals surface area (Å²) in [4.78, 5) is 0. The zero-order valence-corrected chi connectivity index (χ0v) is 63.8. The largest absolute Gasteiger partial charge is 0.0683 e. The Labute approximate surface area is 563 Å². The van der Waals surface area contributed by atoms with Crippen molar-refractivity contribution in [2.45, 2.75) is 295 Å². The molecule has 6 aromatic carbocycles. The first kappa shape index (κ1) is 81.4. The summed E-state index contributed by atoms with van der Waals surface area (Å²) in [6.45, 7) is 59.3. The van der Waals surface area contributed by atoms with Gasteiger partial charge in [0, 0.05) is 8.27 Å². The summed E-state index contributed by atoms with van der Waals surface area (Å²) in [7, 11) is 0. The SMILES string of the molecule is CC.CC1CCC(C(C)(C)C2CCC(C)CC2)CC1.CCCC(C)CC(C)(C)CC.CC[C@]1(C)CC(C)CC(C)(C)C1.Cc1ccc(C(C)(C)c2ccc(C)cc2)cc1.Cc1ccc(C)c(C)c1.Cc1ccc(Cc2ccc(C)cc2)cc1.Cc1ccccc1.[HH].[HH]. The molecule has 0 aliphatic heterocycles. The van der Waals surface area contributed by atoms with E-state index in [9.17, 15) is 0 Å². The molecule has 2 unspecified atom stereocenters. The highest BCUT2D eigenvalue weighted by Crippen LogP contribution is 2.51. The Hall–Kier alpha value is -4.68. The molecule has 0 radical (unpaired) electrons. The molecule has 506 valence electrons. The zero-order chi connectivity index (χ0) is 67.9. The summed E-state index contributed by atoms with van der Waals surface area (Å²) < 4.78 is 0. The molecule has 0 heterocycles. The smallest absolute Gasteiger partial charge is 0.0146 e. The van der Waals surface area contributed by atoms with Gasteiger partial charge in [0.2, 0.25) is 0 Å². The Morgan fingerprint density at radius 3 is 1.16 bits per heavy atom. The van der Waals surface area contributed by atoms with Gasteiger partial charge in [-0.3, -0.25) is 0 Å². The van der Waals surface area contributed by atoms with Crippen LogP contribution in [-0.4, -0.2) is 0 Å². The lowest BCUT2D eigenvalue weighted by Gasteiger charge is -2.46. The van der Waals surface area contributed by atoms with Crippen LogP contribution in [0.15, 0.2) is 146 Å². The summed E-state index contributed by atoms with van der Waals surface area (Å²) in [5.41, 5.74) is 18.6. The van der Waals surface area contributed by atoms with Crippen molar-refractivity contribution in [1.29, 1.82) is 0 Å². The molecule has 6 aromatic rings. The predicted octanol–water partition coefficient (Wildman–Crippen LogP) is 28.8. The van der Waals surface area contributed by atoms with Crippen molar-refractivity contribution < 1.29 is 2.85 Å². The molecule has 0 aromatic heterocycles. The molecule has 90 heavy (non-hydrogen) atoms. The van der Waals surface area contributed by atoms with E-state index in [4.69, 9.17) is 0 Å². The summed E-state index contributed by atoms with van der Waals surface area (Å²) >= 11 is 0. The zero-order valence-electron chi connectivity index (χ0n) is 63.8. The predicted molar refractivity (Wildman–Crippen MR) is 411 cm³/mol. The van der Waals surface area contributed by atoms with Crippen LogP contribution < -0.4 is 0 Å². The molecular weight excluding hydrogens is 1080 g/mol. The normalized spacial score (nSPS) is 20.5. The van der Waals surface area contributed by atoms with Crippen LogP contribution in [0.2, 0.25) is 0 Å². The van der Waals surface area contributed by atoms with Crippen LogP contribution in [0.4, 0.5) is 0 Å². The molecular formula is C90H146. The van der Waals surface area contributed by atoms with Crippen LogP contribution in [0.3, 0.4) is 0 Å². The lowest BCUT2D eigenvalue weighted by atomic mass is 9.59. The molecule has 0 nitrogen and oxygen atoms in total. The van der Waals surface area contributed by atoms with E-state index in [1.165, 1.54) is 169 Å². The van der Waals surface area contributed by atoms with E-state index in [1.807, 2.05) is 32.0 Å². The standard InChI is InChI=1S/C17H32.C17H20.C15H16.C12H24.C11H24.C9H12.C7H8.C2H6.2H2/c2*1-13-5-9-15(10-6-13)17(3,4)16-11-7-14(2)8-12-16;1-12-3-7-14(8-4-12)11-15-9-5-13(2)6-10-15;1-6-12(5)8-10(2)7-11(3,4)9-12;1-6-8-10(3)9-11(4,5)7-2;1-7-4-5-8(2)9(3)6-7;1-7-5-3-2-4-6-7;1-2;;/h13-16H,5-12H2,1-4H3;5-12H,1-4H3;3-10H,11H2,1-2H3;10H,6-9H2,1-5H3;10H,6-9H2,1-5H3;4-6H,1-3H3;2-6H,1H3;1-2H3;2*1H/t;;;10?,12-;;;;;;/m...1....../s1. The van der Waals surface area contributed by atoms with E-state index in [0.29, 0.717) is 21.7 Å². The van der Waals surface area contributed by atoms with Gasteiger partial charge in [-0.05, 0) is 204 Å². The second-order valence-electron chi connectivity index (χ2n) is 32.1. The van der Waals surface area contributed by atoms with Crippen LogP contribution in [0.1, 0.15) is 297 Å². The van der Waals surface area contributed by atoms with E-state index in [2.05, 4.69) is 294 Å². The van der Waals surface area contributed by atoms with Crippen molar-refractivity contribution in [1.82, 2.24) is 0 Å². The number of benzene rings is 6. The van der Waals surface area contributed by atoms with Gasteiger partial charge in [0.05, 0.1) is 0 Å². The molecule has 3 saturated carbocycles. The number of aryl methyl sites for hydroxylation is 8. The minimum atomic E-state index is 0. The minimum absolute atomic E-state index is 0. The van der Waals surface area contributed by atoms with Crippen molar-refractivity contribution >= 4 is 0 Å². The monoisotopic (exact) mass is 1230 g/mol. The third kappa shape index (κ3) is 31.3. The fourth-order valence-corrected chi connectivity index (χ4v) is 14.6. The van der Waals surface area contributed by atoms with Gasteiger partial charge in [-0.15, -0.1) is 0 Å². The Bertz CT molecular complexity index is 2660. The lowest BCUT2D eigenvalue weighted by molar-refractivity contribution is 0.0421. The van der Waals surface area contributed by atoms with Gasteiger partial charge in [-0.1, -0.05) is 355 Å². The van der Waals surface area contributed by atoms with Gasteiger partial charge in [-0.2, -0.15) is 0 Å². The van der Waals surface area contributed by atoms with Crippen molar-refractivity contribution in [3.8, 4) is 0 Å². The fraction of sp³-hybridized carbons (Fsp3) is 0.600. The molecule has 0 spiro atoms. The Morgan fingerprint density at radius 2 is 0.833 bits per heavy atom. The van der Waals surface area contributed by atoms with Gasteiger partial charge >= 0.3 is 0 Å². The van der Waals surface area contributed by atoms with E-state index < -0.39 is 0 Å². The molecule has 3 atom stereocenters. The van der Waals surface area contributed by atoms with Gasteiger partial charge in [0.25, 0.3) is 0 Å². The first-order valence-electron chi connectivity index (χ1n) is 36.5. The van der Waals surface area contributed by atoms with Crippen molar-refractivity contribution in [3.63, 3.8) is 0 Å². The van der Waals surface area contributed by atoms with Crippen molar-refractivity contribution in [2.24, 2.45) is 57.2 Å². The van der Waals surface area contributed by atoms with Crippen LogP contribution >= 0.6 is 0 Å². The Balaban J connectivity index is 0.00000106. The molecule has 0 saturated heterocycles. The van der Waals surface area contributed by atoms with Crippen LogP contribution in [0.5, 0.6) is 0 Å². The maximum absolute atomic E-state index is 2.58. The number of hydrogen-bond donors (Lipinski definition) is 0. The average molecular weight is 1230 g/mol. The van der Waals surface area contributed by atoms with Gasteiger partial charge in [0.1, 0.15) is 0 Å². The minimum Gasteiger partial charge on any atom is -0.0683 e. The molecule has 3 aliphatic rings. The number of rotatable bonds is 12. The van der Waals surface area contributed by atoms with E-state index in [-0.39, 0.29) is 8.27 Å². The quantitative estimate of drug-likeness (QED) is 0.115. The highest BCUT2D eigenvalue weighted by Gasteiger charge is 2.40. The summed E-state index contributed by atoms with van der Waals surface area (Å²) in [5.74, 6) is 5.85. The third-order valence-electron chi connectivity index (χ3n) is 21.1. The second kappa shape index (κ2) is 40.4. The molecule has 0 heteroatoms. The summed E-state index contributed by atoms with van der Waals surface area (Å²) in [6, 6.07) is 51.9. The van der Waals surface area contributed by atoms with Crippen LogP contribution in [0.25, 0.3) is 0 Å². The molecule has 0 amide bonds.